The number of benzene rings is 4. The number of nitrogens with zero attached hydrogens (tertiary/aromatic N) is 1. The second-order valence-corrected chi connectivity index (χ2v) is 15.5. The summed E-state index contributed by atoms with van der Waals surface area (Å²) in [7, 11) is -2.03. The van der Waals surface area contributed by atoms with Crippen LogP contribution < -0.4 is 25.2 Å². The normalized spacial score (nSPS) is 18.2. The number of nitrogens with one attached hydrogen (secondary N) is 1. The monoisotopic (exact) mass is 870 g/mol. The lowest BCUT2D eigenvalue weighted by Gasteiger charge is -2.37. The smallest absolute Gasteiger partial charge is 0.497 e. The van der Waals surface area contributed by atoms with E-state index in [1.165, 1.54) is 13.1 Å². The van der Waals surface area contributed by atoms with Crippen molar-refractivity contribution in [2.45, 2.75) is 37.4 Å². The lowest BCUT2D eigenvalue weighted by atomic mass is 9.80. The van der Waals surface area contributed by atoms with Crippen LogP contribution in [0.3, 0.4) is 0 Å². The Morgan fingerprint density at radius 2 is 1.33 bits per heavy atom. The van der Waals surface area contributed by atoms with E-state index < -0.39 is 48.9 Å². The Morgan fingerprint density at radius 3 is 1.85 bits per heavy atom. The van der Waals surface area contributed by atoms with E-state index in [1.54, 1.807) is 38.5 Å². The molecular formula is C37H32Cl5N2O10P. The van der Waals surface area contributed by atoms with Gasteiger partial charge >= 0.3 is 13.5 Å². The highest BCUT2D eigenvalue weighted by Gasteiger charge is 2.46. The number of aromatic amines is 1. The summed E-state index contributed by atoms with van der Waals surface area (Å²) in [6, 6.07) is 24.0. The largest absolute Gasteiger partial charge is 0.527 e. The molecule has 1 aliphatic heterocycles. The van der Waals surface area contributed by atoms with Crippen molar-refractivity contribution in [3.8, 4) is 17.2 Å². The van der Waals surface area contributed by atoms with Crippen molar-refractivity contribution in [2.75, 3.05) is 20.8 Å². The zero-order chi connectivity index (χ0) is 39.7. The summed E-state index contributed by atoms with van der Waals surface area (Å²) in [5.74, 6) is 0.672. The van der Waals surface area contributed by atoms with E-state index in [0.29, 0.717) is 22.6 Å². The predicted molar refractivity (Wildman–Crippen MR) is 210 cm³/mol. The van der Waals surface area contributed by atoms with Gasteiger partial charge in [-0.3, -0.25) is 23.8 Å². The van der Waals surface area contributed by atoms with Crippen LogP contribution in [0, 0.1) is 6.92 Å². The SMILES string of the molecule is COc1ccc(C(OC[C@H]2O[C@@H](n3cc(C)c(=O)[nH]c3=O)C[C@@H]2OP(=O)(O)Oc2c(Cl)c(Cl)c(Cl)c(Cl)c2Cl)(c2ccccc2)c2ccc(OC)cc2)cc1. The summed E-state index contributed by atoms with van der Waals surface area (Å²) in [5.41, 5.74) is -0.346. The molecule has 0 saturated carbocycles. The fraction of sp³-hybridized carbons (Fsp3) is 0.243. The van der Waals surface area contributed by atoms with Gasteiger partial charge in [0, 0.05) is 18.2 Å². The van der Waals surface area contributed by atoms with Crippen LogP contribution in [0.1, 0.15) is 34.9 Å². The molecule has 0 aliphatic carbocycles. The summed E-state index contributed by atoms with van der Waals surface area (Å²) in [4.78, 5) is 38.6. The number of phosphoric acid groups is 1. The first-order chi connectivity index (χ1) is 26.2. The van der Waals surface area contributed by atoms with Crippen LogP contribution in [-0.4, -0.2) is 47.5 Å². The first kappa shape index (κ1) is 41.1. The summed E-state index contributed by atoms with van der Waals surface area (Å²) in [6.45, 7) is 1.23. The lowest BCUT2D eigenvalue weighted by molar-refractivity contribution is -0.0933. The first-order valence-electron chi connectivity index (χ1n) is 16.4. The molecule has 1 unspecified atom stereocenters. The van der Waals surface area contributed by atoms with E-state index in [9.17, 15) is 19.0 Å². The Bertz CT molecular complexity index is 2270. The van der Waals surface area contributed by atoms with Gasteiger partial charge in [-0.05, 0) is 47.9 Å². The molecule has 1 aliphatic rings. The van der Waals surface area contributed by atoms with Crippen molar-refractivity contribution in [1.82, 2.24) is 9.55 Å². The van der Waals surface area contributed by atoms with E-state index in [0.717, 1.165) is 10.1 Å². The topological polar surface area (TPSA) is 148 Å². The molecule has 18 heteroatoms. The number of hydrogen-bond donors (Lipinski definition) is 2. The Morgan fingerprint density at radius 1 is 0.818 bits per heavy atom. The van der Waals surface area contributed by atoms with Crippen LogP contribution in [0.5, 0.6) is 17.2 Å². The number of methoxy groups -OCH3 is 2. The Kier molecular flexibility index (Phi) is 12.6. The molecule has 290 valence electrons. The molecule has 2 N–H and O–H groups in total. The van der Waals surface area contributed by atoms with Crippen LogP contribution in [-0.2, 0) is 24.2 Å². The van der Waals surface area contributed by atoms with Gasteiger partial charge in [0.25, 0.3) is 5.56 Å². The summed E-state index contributed by atoms with van der Waals surface area (Å²) in [5, 5.41) is -1.51. The molecule has 12 nitrogen and oxygen atoms in total. The second kappa shape index (κ2) is 16.9. The van der Waals surface area contributed by atoms with Gasteiger partial charge in [-0.15, -0.1) is 0 Å². The number of rotatable bonds is 13. The van der Waals surface area contributed by atoms with Gasteiger partial charge in [-0.2, -0.15) is 0 Å². The van der Waals surface area contributed by atoms with Gasteiger partial charge in [-0.25, -0.2) is 9.36 Å². The van der Waals surface area contributed by atoms with Gasteiger partial charge in [0.15, 0.2) is 5.75 Å². The maximum atomic E-state index is 13.7. The molecule has 0 bridgehead atoms. The van der Waals surface area contributed by atoms with Crippen molar-refractivity contribution in [3.63, 3.8) is 0 Å². The van der Waals surface area contributed by atoms with Gasteiger partial charge in [-0.1, -0.05) is 113 Å². The van der Waals surface area contributed by atoms with E-state index in [4.69, 9.17) is 86.0 Å². The number of aromatic nitrogens is 2. The van der Waals surface area contributed by atoms with E-state index in [-0.39, 0.29) is 43.7 Å². The van der Waals surface area contributed by atoms with E-state index in [2.05, 4.69) is 4.98 Å². The maximum absolute atomic E-state index is 13.7. The van der Waals surface area contributed by atoms with Crippen LogP contribution in [0.2, 0.25) is 25.1 Å². The highest BCUT2D eigenvalue weighted by Crippen LogP contribution is 2.56. The van der Waals surface area contributed by atoms with Crippen LogP contribution >= 0.6 is 65.8 Å². The molecule has 4 aromatic carbocycles. The molecule has 1 saturated heterocycles. The highest BCUT2D eigenvalue weighted by atomic mass is 35.5. The molecule has 2 heterocycles. The molecule has 0 spiro atoms. The fourth-order valence-corrected chi connectivity index (χ4v) is 8.51. The lowest BCUT2D eigenvalue weighted by Crippen LogP contribution is -2.38. The number of hydrogen-bond acceptors (Lipinski definition) is 9. The average Bonchev–Trinajstić information content (AvgIpc) is 3.58. The Balaban J connectivity index is 1.42. The van der Waals surface area contributed by atoms with Crippen LogP contribution in [0.4, 0.5) is 0 Å². The van der Waals surface area contributed by atoms with Gasteiger partial charge in [0.2, 0.25) is 0 Å². The van der Waals surface area contributed by atoms with Gasteiger partial charge < -0.3 is 23.5 Å². The van der Waals surface area contributed by atoms with Crippen molar-refractivity contribution < 1.29 is 37.5 Å². The molecule has 6 rings (SSSR count). The third kappa shape index (κ3) is 8.45. The highest BCUT2D eigenvalue weighted by molar-refractivity contribution is 7.47. The third-order valence-corrected chi connectivity index (χ3v) is 12.1. The number of aryl methyl sites for hydroxylation is 1. The molecule has 0 radical (unpaired) electrons. The third-order valence-electron chi connectivity index (χ3n) is 8.92. The predicted octanol–water partition coefficient (Wildman–Crippen LogP) is 8.99. The minimum atomic E-state index is -5.15. The molecular weight excluding hydrogens is 841 g/mol. The standard InChI is InChI=1S/C37H32Cl5N2O10P/c1-20-18-44(36(46)43-35(20)45)28-17-26(53-55(47,48)54-34-32(41)30(39)29(38)31(40)33(34)42)27(52-28)19-51-37(21-7-5-4-6-8-21,22-9-13-24(49-2)14-10-22)23-11-15-25(50-3)16-12-23/h4-16,18,26-28H,17,19H2,1-3H3,(H,47,48)(H,43,45,46)/t26-,27+,28+/m0/s1. The van der Waals surface area contributed by atoms with Crippen molar-refractivity contribution in [3.05, 3.63) is 153 Å². The molecule has 4 atom stereocenters. The number of halogens is 5. The second-order valence-electron chi connectivity index (χ2n) is 12.3. The minimum Gasteiger partial charge on any atom is -0.497 e. The Labute approximate surface area is 339 Å². The fourth-order valence-electron chi connectivity index (χ4n) is 6.19. The molecule has 0 amide bonds. The zero-order valence-electron chi connectivity index (χ0n) is 29.1. The number of ether oxygens (including phenoxy) is 4. The van der Waals surface area contributed by atoms with E-state index >= 15 is 0 Å². The van der Waals surface area contributed by atoms with Crippen molar-refractivity contribution in [2.24, 2.45) is 0 Å². The first-order valence-corrected chi connectivity index (χ1v) is 19.8. The average molecular weight is 873 g/mol. The van der Waals surface area contributed by atoms with Gasteiger partial charge in [0.05, 0.1) is 35.9 Å². The van der Waals surface area contributed by atoms with Crippen LogP contribution in [0.25, 0.3) is 0 Å². The molecule has 1 aromatic heterocycles. The summed E-state index contributed by atoms with van der Waals surface area (Å²) < 4.78 is 50.2. The maximum Gasteiger partial charge on any atom is 0.527 e. The van der Waals surface area contributed by atoms with Crippen LogP contribution in [0.15, 0.2) is 94.6 Å². The van der Waals surface area contributed by atoms with E-state index in [1.807, 2.05) is 54.6 Å². The summed E-state index contributed by atoms with van der Waals surface area (Å²) >= 11 is 31.0. The minimum absolute atomic E-state index is 0.180. The molecule has 1 fully saturated rings. The van der Waals surface area contributed by atoms with Gasteiger partial charge in [0.1, 0.15) is 45.6 Å². The van der Waals surface area contributed by atoms with Crippen molar-refractivity contribution in [1.29, 1.82) is 0 Å². The molecule has 55 heavy (non-hydrogen) atoms. The quantitative estimate of drug-likeness (QED) is 0.0509. The summed E-state index contributed by atoms with van der Waals surface area (Å²) in [6.07, 6.45) is -2.38. The zero-order valence-corrected chi connectivity index (χ0v) is 33.8. The molecule has 5 aromatic rings. The number of phosphoric ester groups is 1. The van der Waals surface area contributed by atoms with Crippen molar-refractivity contribution >= 4 is 65.8 Å². The Hall–Kier alpha value is -3.52. The number of H-pyrrole nitrogens is 1.